The van der Waals surface area contributed by atoms with Crippen molar-refractivity contribution < 1.29 is 19.7 Å². The van der Waals surface area contributed by atoms with Gasteiger partial charge in [0.1, 0.15) is 6.10 Å². The fourth-order valence-electron chi connectivity index (χ4n) is 6.43. The fourth-order valence-corrected chi connectivity index (χ4v) is 6.43. The van der Waals surface area contributed by atoms with Crippen LogP contribution in [0.25, 0.3) is 0 Å². The number of aliphatic hydroxyl groups is 2. The molecule has 2 fully saturated rings. The minimum atomic E-state index is -0.489. The van der Waals surface area contributed by atoms with Gasteiger partial charge in [-0.25, -0.2) is 0 Å². The third-order valence-electron chi connectivity index (χ3n) is 7.45. The molecule has 2 bridgehead atoms. The Hall–Kier alpha value is -1.30. The highest BCUT2D eigenvalue weighted by atomic mass is 16.5. The van der Waals surface area contributed by atoms with Crippen LogP contribution in [-0.4, -0.2) is 60.7 Å². The molecule has 5 atom stereocenters. The average molecular weight is 331 g/mol. The van der Waals surface area contributed by atoms with Gasteiger partial charge in [0.2, 0.25) is 0 Å². The van der Waals surface area contributed by atoms with Crippen LogP contribution in [-0.2, 0) is 11.8 Å². The van der Waals surface area contributed by atoms with Gasteiger partial charge in [-0.2, -0.15) is 0 Å². The number of hydrogen-bond acceptors (Lipinski definition) is 5. The Kier molecular flexibility index (Phi) is 2.91. The molecule has 4 aliphatic rings. The number of likely N-dealkylation sites (tertiary alicyclic amines) is 1. The summed E-state index contributed by atoms with van der Waals surface area (Å²) in [6, 6.07) is 4.43. The lowest BCUT2D eigenvalue weighted by atomic mass is 9.43. The quantitative estimate of drug-likeness (QED) is 0.849. The number of aliphatic hydroxyl groups excluding tert-OH is 2. The van der Waals surface area contributed by atoms with Crippen LogP contribution in [0.2, 0.25) is 0 Å². The molecular weight excluding hydrogens is 306 g/mol. The van der Waals surface area contributed by atoms with Crippen LogP contribution in [0, 0.1) is 5.41 Å². The molecule has 2 N–H and O–H groups in total. The van der Waals surface area contributed by atoms with Gasteiger partial charge in [0.15, 0.2) is 11.5 Å². The Bertz CT molecular complexity index is 707. The van der Waals surface area contributed by atoms with Crippen LogP contribution in [0.15, 0.2) is 12.1 Å². The maximum absolute atomic E-state index is 10.8. The number of likely N-dealkylation sites (N-methyl/N-ethyl adjacent to an activating group) is 1. The van der Waals surface area contributed by atoms with Gasteiger partial charge < -0.3 is 24.6 Å². The van der Waals surface area contributed by atoms with E-state index in [0.29, 0.717) is 12.5 Å². The summed E-state index contributed by atoms with van der Waals surface area (Å²) in [6.45, 7) is 1.11. The molecule has 1 saturated carbocycles. The molecule has 2 aliphatic heterocycles. The Morgan fingerprint density at radius 1 is 1.38 bits per heavy atom. The minimum absolute atomic E-state index is 0.144. The zero-order chi connectivity index (χ0) is 16.7. The molecule has 0 aromatic heterocycles. The first-order valence-corrected chi connectivity index (χ1v) is 8.95. The third kappa shape index (κ3) is 1.40. The van der Waals surface area contributed by atoms with Crippen molar-refractivity contribution in [2.75, 3.05) is 27.3 Å². The van der Waals surface area contributed by atoms with E-state index in [4.69, 9.17) is 9.47 Å². The molecule has 2 heterocycles. The Morgan fingerprint density at radius 2 is 2.21 bits per heavy atom. The summed E-state index contributed by atoms with van der Waals surface area (Å²) in [7, 11) is 3.83. The Morgan fingerprint density at radius 3 is 2.96 bits per heavy atom. The van der Waals surface area contributed by atoms with E-state index >= 15 is 0 Å². The van der Waals surface area contributed by atoms with E-state index in [0.717, 1.165) is 37.3 Å². The summed E-state index contributed by atoms with van der Waals surface area (Å²) in [5, 5.41) is 21.3. The largest absolute Gasteiger partial charge is 0.493 e. The number of benzene rings is 1. The normalized spacial score (nSPS) is 42.4. The Balaban J connectivity index is 1.85. The van der Waals surface area contributed by atoms with Crippen LogP contribution in [0.5, 0.6) is 11.5 Å². The van der Waals surface area contributed by atoms with E-state index in [9.17, 15) is 10.2 Å². The van der Waals surface area contributed by atoms with Crippen LogP contribution in [0.3, 0.4) is 0 Å². The third-order valence-corrected chi connectivity index (χ3v) is 7.45. The number of hydrogen-bond donors (Lipinski definition) is 2. The highest BCUT2D eigenvalue weighted by Crippen LogP contribution is 2.68. The van der Waals surface area contributed by atoms with Crippen molar-refractivity contribution in [2.45, 2.75) is 49.3 Å². The zero-order valence-corrected chi connectivity index (χ0v) is 14.3. The van der Waals surface area contributed by atoms with Crippen LogP contribution < -0.4 is 9.47 Å². The smallest absolute Gasteiger partial charge is 0.165 e. The maximum Gasteiger partial charge on any atom is 0.165 e. The van der Waals surface area contributed by atoms with E-state index < -0.39 is 6.10 Å². The summed E-state index contributed by atoms with van der Waals surface area (Å²) < 4.78 is 11.9. The predicted molar refractivity (Wildman–Crippen MR) is 88.6 cm³/mol. The van der Waals surface area contributed by atoms with Gasteiger partial charge in [0, 0.05) is 22.4 Å². The molecule has 1 saturated heterocycles. The molecule has 24 heavy (non-hydrogen) atoms. The van der Waals surface area contributed by atoms with Gasteiger partial charge in [0.25, 0.3) is 0 Å². The van der Waals surface area contributed by atoms with Crippen molar-refractivity contribution in [2.24, 2.45) is 5.41 Å². The second-order valence-electron chi connectivity index (χ2n) is 8.01. The predicted octanol–water partition coefficient (Wildman–Crippen LogP) is 1.09. The van der Waals surface area contributed by atoms with Gasteiger partial charge >= 0.3 is 0 Å². The molecule has 1 aromatic rings. The summed E-state index contributed by atoms with van der Waals surface area (Å²) in [5.41, 5.74) is 1.97. The molecule has 1 aromatic carbocycles. The summed E-state index contributed by atoms with van der Waals surface area (Å²) in [4.78, 5) is 2.40. The van der Waals surface area contributed by atoms with Gasteiger partial charge in [-0.3, -0.25) is 0 Å². The first-order chi connectivity index (χ1) is 11.6. The van der Waals surface area contributed by atoms with E-state index in [1.54, 1.807) is 7.11 Å². The first-order valence-electron chi connectivity index (χ1n) is 8.95. The highest BCUT2D eigenvalue weighted by molar-refractivity contribution is 5.62. The van der Waals surface area contributed by atoms with Crippen LogP contribution in [0.1, 0.15) is 30.4 Å². The maximum atomic E-state index is 10.8. The molecule has 0 amide bonds. The summed E-state index contributed by atoms with van der Waals surface area (Å²) in [5.74, 6) is 1.55. The monoisotopic (exact) mass is 331 g/mol. The molecule has 2 unspecified atom stereocenters. The summed E-state index contributed by atoms with van der Waals surface area (Å²) in [6.07, 6.45) is 2.60. The minimum Gasteiger partial charge on any atom is -0.493 e. The molecule has 1 spiro atoms. The highest BCUT2D eigenvalue weighted by Gasteiger charge is 2.72. The lowest BCUT2D eigenvalue weighted by molar-refractivity contribution is -0.172. The van der Waals surface area contributed by atoms with Crippen molar-refractivity contribution in [3.05, 3.63) is 23.3 Å². The lowest BCUT2D eigenvalue weighted by Crippen LogP contribution is -2.73. The van der Waals surface area contributed by atoms with E-state index in [1.165, 1.54) is 11.1 Å². The SMILES string of the molecule is COc1ccc2c3c1O[C@H]1C(O)CCC4(CO)[C@@H](C2)N(C)CC[C@]314. The van der Waals surface area contributed by atoms with Crippen molar-refractivity contribution in [3.63, 3.8) is 0 Å². The standard InChI is InChI=1S/C19H25NO4/c1-20-8-7-19-15-11-3-4-13(23-2)16(15)24-17(19)12(22)5-6-18(19,10-21)14(20)9-11/h3-4,12,14,17,21-22H,5-10H2,1-2H3/t12?,14-,17+,18?,19+/m1/s1. The number of piperidine rings is 1. The molecule has 2 aliphatic carbocycles. The second-order valence-corrected chi connectivity index (χ2v) is 8.01. The number of rotatable bonds is 2. The topological polar surface area (TPSA) is 62.2 Å². The van der Waals surface area contributed by atoms with Crippen molar-refractivity contribution in [1.82, 2.24) is 4.90 Å². The zero-order valence-electron chi connectivity index (χ0n) is 14.3. The van der Waals surface area contributed by atoms with Gasteiger partial charge in [-0.1, -0.05) is 6.07 Å². The van der Waals surface area contributed by atoms with E-state index in [1.807, 2.05) is 6.07 Å². The molecular formula is C19H25NO4. The molecule has 0 radical (unpaired) electrons. The molecule has 5 rings (SSSR count). The molecule has 130 valence electrons. The van der Waals surface area contributed by atoms with Crippen molar-refractivity contribution in [3.8, 4) is 11.5 Å². The average Bonchev–Trinajstić information content (AvgIpc) is 2.95. The van der Waals surface area contributed by atoms with Crippen molar-refractivity contribution in [1.29, 1.82) is 0 Å². The lowest BCUT2D eigenvalue weighted by Gasteiger charge is -2.65. The Labute approximate surface area is 142 Å². The summed E-state index contributed by atoms with van der Waals surface area (Å²) >= 11 is 0. The van der Waals surface area contributed by atoms with Crippen molar-refractivity contribution >= 4 is 0 Å². The molecule has 5 nitrogen and oxygen atoms in total. The number of methoxy groups -OCH3 is 1. The first kappa shape index (κ1) is 15.0. The van der Waals surface area contributed by atoms with Crippen LogP contribution in [0.4, 0.5) is 0 Å². The van der Waals surface area contributed by atoms with Gasteiger partial charge in [0.05, 0.1) is 19.8 Å². The van der Waals surface area contributed by atoms with E-state index in [-0.39, 0.29) is 23.5 Å². The number of nitrogens with zero attached hydrogens (tertiary/aromatic N) is 1. The fraction of sp³-hybridized carbons (Fsp3) is 0.684. The van der Waals surface area contributed by atoms with Crippen LogP contribution >= 0.6 is 0 Å². The number of ether oxygens (including phenoxy) is 2. The second kappa shape index (κ2) is 4.65. The van der Waals surface area contributed by atoms with Gasteiger partial charge in [-0.15, -0.1) is 0 Å². The molecule has 5 heteroatoms. The van der Waals surface area contributed by atoms with E-state index in [2.05, 4.69) is 18.0 Å². The van der Waals surface area contributed by atoms with Gasteiger partial charge in [-0.05, 0) is 50.9 Å².